The minimum Gasteiger partial charge on any atom is -0.497 e. The first-order valence-corrected chi connectivity index (χ1v) is 13.8. The number of carbonyl (C=O) groups is 2. The van der Waals surface area contributed by atoms with E-state index in [2.05, 4.69) is 5.32 Å². The second-order valence-corrected chi connectivity index (χ2v) is 10.5. The Morgan fingerprint density at radius 2 is 1.74 bits per heavy atom. The van der Waals surface area contributed by atoms with E-state index in [-0.39, 0.29) is 23.2 Å². The van der Waals surface area contributed by atoms with Gasteiger partial charge in [-0.2, -0.15) is 0 Å². The number of hydrogen-bond acceptors (Lipinski definition) is 5. The first kappa shape index (κ1) is 28.5. The van der Waals surface area contributed by atoms with Crippen LogP contribution in [-0.2, 0) is 26.2 Å². The van der Waals surface area contributed by atoms with Gasteiger partial charge >= 0.3 is 0 Å². The molecule has 0 aliphatic carbocycles. The van der Waals surface area contributed by atoms with Gasteiger partial charge in [0.05, 0.1) is 24.1 Å². The number of amides is 2. The van der Waals surface area contributed by atoms with Crippen molar-refractivity contribution in [2.45, 2.75) is 45.7 Å². The van der Waals surface area contributed by atoms with Crippen LogP contribution in [0.3, 0.4) is 0 Å². The van der Waals surface area contributed by atoms with Crippen LogP contribution >= 0.6 is 11.6 Å². The predicted molar refractivity (Wildman–Crippen MR) is 139 cm³/mol. The zero-order valence-corrected chi connectivity index (χ0v) is 22.2. The highest BCUT2D eigenvalue weighted by atomic mass is 35.5. The van der Waals surface area contributed by atoms with Gasteiger partial charge in [-0.15, -0.1) is 0 Å². The topological polar surface area (TPSA) is 96.0 Å². The van der Waals surface area contributed by atoms with E-state index < -0.39 is 28.5 Å². The smallest absolute Gasteiger partial charge is 0.244 e. The molecule has 0 saturated carbocycles. The third-order valence-corrected chi connectivity index (χ3v) is 6.97. The number of anilines is 1. The van der Waals surface area contributed by atoms with E-state index in [4.69, 9.17) is 16.3 Å². The lowest BCUT2D eigenvalue weighted by atomic mass is 10.1. The monoisotopic (exact) mass is 523 g/mol. The number of unbranched alkanes of at least 4 members (excludes halogenated alkanes) is 1. The Morgan fingerprint density at radius 3 is 2.29 bits per heavy atom. The molecule has 35 heavy (non-hydrogen) atoms. The number of carbonyl (C=O) groups excluding carboxylic acids is 2. The predicted octanol–water partition coefficient (Wildman–Crippen LogP) is 3.84. The number of benzene rings is 2. The van der Waals surface area contributed by atoms with Crippen molar-refractivity contribution in [2.24, 2.45) is 0 Å². The van der Waals surface area contributed by atoms with Gasteiger partial charge in [-0.1, -0.05) is 56.1 Å². The van der Waals surface area contributed by atoms with Gasteiger partial charge in [0.2, 0.25) is 21.8 Å². The van der Waals surface area contributed by atoms with E-state index in [1.165, 1.54) is 4.90 Å². The van der Waals surface area contributed by atoms with Crippen molar-refractivity contribution in [3.8, 4) is 5.75 Å². The molecule has 0 radical (unpaired) electrons. The van der Waals surface area contributed by atoms with Gasteiger partial charge in [0, 0.05) is 13.1 Å². The summed E-state index contributed by atoms with van der Waals surface area (Å²) in [7, 11) is -2.27. The lowest BCUT2D eigenvalue weighted by Gasteiger charge is -2.33. The maximum absolute atomic E-state index is 13.6. The van der Waals surface area contributed by atoms with Crippen LogP contribution in [0.5, 0.6) is 5.75 Å². The molecule has 10 heteroatoms. The zero-order valence-electron chi connectivity index (χ0n) is 20.7. The molecule has 0 aliphatic heterocycles. The molecule has 0 unspecified atom stereocenters. The van der Waals surface area contributed by atoms with Crippen molar-refractivity contribution in [3.05, 3.63) is 59.1 Å². The van der Waals surface area contributed by atoms with Gasteiger partial charge in [-0.3, -0.25) is 13.9 Å². The Balaban J connectivity index is 2.41. The third kappa shape index (κ3) is 8.14. The van der Waals surface area contributed by atoms with E-state index in [1.807, 2.05) is 26.0 Å². The Hall–Kier alpha value is -2.78. The molecule has 2 aromatic rings. The molecule has 1 atom stereocenters. The molecule has 0 heterocycles. The molecule has 0 fully saturated rings. The van der Waals surface area contributed by atoms with Gasteiger partial charge in [0.1, 0.15) is 18.3 Å². The van der Waals surface area contributed by atoms with Crippen LogP contribution in [0.15, 0.2) is 48.5 Å². The molecular weight excluding hydrogens is 490 g/mol. The minimum atomic E-state index is -3.84. The number of ether oxygens (including phenoxy) is 1. The Morgan fingerprint density at radius 1 is 1.09 bits per heavy atom. The summed E-state index contributed by atoms with van der Waals surface area (Å²) in [5, 5.41) is 3.10. The normalized spacial score (nSPS) is 12.0. The summed E-state index contributed by atoms with van der Waals surface area (Å²) >= 11 is 6.25. The van der Waals surface area contributed by atoms with Gasteiger partial charge in [0.25, 0.3) is 0 Å². The Bertz CT molecular complexity index is 1090. The van der Waals surface area contributed by atoms with Crippen molar-refractivity contribution in [3.63, 3.8) is 0 Å². The molecule has 0 aromatic heterocycles. The van der Waals surface area contributed by atoms with Crippen LogP contribution in [0.25, 0.3) is 0 Å². The molecule has 2 aromatic carbocycles. The largest absolute Gasteiger partial charge is 0.497 e. The molecule has 192 valence electrons. The molecule has 2 rings (SSSR count). The standard InChI is InChI=1S/C25H34ClN3O5S/c1-5-7-16-27-25(31)22(6-2)28(17-19-12-14-20(34-3)15-13-19)24(30)18-29(35(4,32)33)23-11-9-8-10-21(23)26/h8-15,22H,5-7,16-18H2,1-4H3,(H,27,31)/t22-/m1/s1. The summed E-state index contributed by atoms with van der Waals surface area (Å²) in [5.41, 5.74) is 0.984. The second kappa shape index (κ2) is 13.3. The Labute approximate surface area is 213 Å². The van der Waals surface area contributed by atoms with Gasteiger partial charge in [0.15, 0.2) is 0 Å². The molecule has 8 nitrogen and oxygen atoms in total. The highest BCUT2D eigenvalue weighted by Gasteiger charge is 2.32. The van der Waals surface area contributed by atoms with Crippen LogP contribution in [0.2, 0.25) is 5.02 Å². The number of nitrogens with zero attached hydrogens (tertiary/aromatic N) is 2. The maximum atomic E-state index is 13.6. The molecule has 0 bridgehead atoms. The fourth-order valence-corrected chi connectivity index (χ4v) is 4.75. The number of halogens is 1. The van der Waals surface area contributed by atoms with Crippen LogP contribution in [0, 0.1) is 0 Å². The molecular formula is C25H34ClN3O5S. The third-order valence-electron chi connectivity index (χ3n) is 5.53. The van der Waals surface area contributed by atoms with Crippen molar-refractivity contribution >= 4 is 39.1 Å². The molecule has 0 spiro atoms. The lowest BCUT2D eigenvalue weighted by molar-refractivity contribution is -0.140. The van der Waals surface area contributed by atoms with Crippen LogP contribution in [0.4, 0.5) is 5.69 Å². The summed E-state index contributed by atoms with van der Waals surface area (Å²) in [4.78, 5) is 28.1. The van der Waals surface area contributed by atoms with E-state index in [9.17, 15) is 18.0 Å². The van der Waals surface area contributed by atoms with E-state index in [0.29, 0.717) is 18.7 Å². The second-order valence-electron chi connectivity index (χ2n) is 8.16. The molecule has 1 N–H and O–H groups in total. The van der Waals surface area contributed by atoms with Gasteiger partial charge in [-0.05, 0) is 42.7 Å². The number of sulfonamides is 1. The van der Waals surface area contributed by atoms with E-state index in [0.717, 1.165) is 29.0 Å². The van der Waals surface area contributed by atoms with Crippen molar-refractivity contribution in [1.29, 1.82) is 0 Å². The summed E-state index contributed by atoms with van der Waals surface area (Å²) in [6.45, 7) is 3.99. The highest BCUT2D eigenvalue weighted by Crippen LogP contribution is 2.27. The molecule has 0 saturated heterocycles. The van der Waals surface area contributed by atoms with Crippen LogP contribution in [-0.4, -0.2) is 57.6 Å². The summed E-state index contributed by atoms with van der Waals surface area (Å²) < 4.78 is 31.4. The first-order valence-electron chi connectivity index (χ1n) is 11.5. The van der Waals surface area contributed by atoms with Crippen LogP contribution in [0.1, 0.15) is 38.7 Å². The van der Waals surface area contributed by atoms with Gasteiger partial charge < -0.3 is 15.0 Å². The average molecular weight is 524 g/mol. The van der Waals surface area contributed by atoms with E-state index in [1.54, 1.807) is 43.5 Å². The number of hydrogen-bond donors (Lipinski definition) is 1. The maximum Gasteiger partial charge on any atom is 0.244 e. The van der Waals surface area contributed by atoms with Crippen molar-refractivity contribution in [2.75, 3.05) is 30.8 Å². The highest BCUT2D eigenvalue weighted by molar-refractivity contribution is 7.92. The zero-order chi connectivity index (χ0) is 26.0. The van der Waals surface area contributed by atoms with E-state index >= 15 is 0 Å². The minimum absolute atomic E-state index is 0.128. The fraction of sp³-hybridized carbons (Fsp3) is 0.440. The average Bonchev–Trinajstić information content (AvgIpc) is 2.82. The summed E-state index contributed by atoms with van der Waals surface area (Å²) in [6, 6.07) is 12.8. The number of methoxy groups -OCH3 is 1. The van der Waals surface area contributed by atoms with Crippen molar-refractivity contribution in [1.82, 2.24) is 10.2 Å². The quantitative estimate of drug-likeness (QED) is 0.402. The fourth-order valence-electron chi connectivity index (χ4n) is 3.60. The first-order chi connectivity index (χ1) is 16.6. The summed E-state index contributed by atoms with van der Waals surface area (Å²) in [6.07, 6.45) is 3.13. The molecule has 0 aliphatic rings. The Kier molecular flexibility index (Phi) is 10.9. The SMILES string of the molecule is CCCCNC(=O)[C@@H](CC)N(Cc1ccc(OC)cc1)C(=O)CN(c1ccccc1Cl)S(C)(=O)=O. The number of rotatable bonds is 13. The molecule has 2 amide bonds. The number of nitrogens with one attached hydrogen (secondary N) is 1. The van der Waals surface area contributed by atoms with Gasteiger partial charge in [-0.25, -0.2) is 8.42 Å². The lowest BCUT2D eigenvalue weighted by Crippen LogP contribution is -2.52. The van der Waals surface area contributed by atoms with Crippen LogP contribution < -0.4 is 14.4 Å². The van der Waals surface area contributed by atoms with Crippen molar-refractivity contribution < 1.29 is 22.7 Å². The summed E-state index contributed by atoms with van der Waals surface area (Å²) in [5.74, 6) is -0.118. The number of para-hydroxylation sites is 1.